The lowest BCUT2D eigenvalue weighted by Gasteiger charge is -2.07. The zero-order valence-electron chi connectivity index (χ0n) is 19.0. The molecule has 0 fully saturated rings. The predicted octanol–water partition coefficient (Wildman–Crippen LogP) is 6.10. The number of carbonyl (C=O) groups excluding carboxylic acids is 1. The summed E-state index contributed by atoms with van der Waals surface area (Å²) in [4.78, 5) is 21.8. The van der Waals surface area contributed by atoms with E-state index in [1.54, 1.807) is 30.3 Å². The summed E-state index contributed by atoms with van der Waals surface area (Å²) in [6.07, 6.45) is 1.32. The molecule has 1 aromatic heterocycles. The maximum Gasteiger partial charge on any atom is 0.371 e. The number of benzene rings is 3. The van der Waals surface area contributed by atoms with E-state index in [9.17, 15) is 14.0 Å². The van der Waals surface area contributed by atoms with E-state index in [0.29, 0.717) is 32.8 Å². The Bertz CT molecular complexity index is 1300. The highest BCUT2D eigenvalue weighted by atomic mass is 35.5. The highest BCUT2D eigenvalue weighted by Crippen LogP contribution is 2.24. The molecule has 0 saturated carbocycles. The van der Waals surface area contributed by atoms with Crippen LogP contribution in [0, 0.1) is 12.7 Å². The summed E-state index contributed by atoms with van der Waals surface area (Å²) in [7, 11) is 0. The first-order valence-electron chi connectivity index (χ1n) is 10.2. The minimum atomic E-state index is -1.03. The van der Waals surface area contributed by atoms with Crippen LogP contribution in [0.4, 0.5) is 27.1 Å². The Labute approximate surface area is 216 Å². The summed E-state index contributed by atoms with van der Waals surface area (Å²) in [5, 5.41) is 11.6. The molecule has 0 aliphatic rings. The van der Waals surface area contributed by atoms with Crippen LogP contribution >= 0.6 is 23.2 Å². The largest absolute Gasteiger partial charge is 0.475 e. The number of hydrogen-bond acceptors (Lipinski definition) is 6. The fraction of sp³-hybridized carbons (Fsp3) is 0.0400. The molecule has 0 aliphatic carbocycles. The lowest BCUT2D eigenvalue weighted by Crippen LogP contribution is -2.13. The van der Waals surface area contributed by atoms with Gasteiger partial charge in [-0.3, -0.25) is 4.79 Å². The normalized spacial score (nSPS) is 9.78. The Balaban J connectivity index is 0.000000213. The maximum atomic E-state index is 13.4. The number of aromatic carboxylic acids is 1. The van der Waals surface area contributed by atoms with Gasteiger partial charge in [-0.2, -0.15) is 0 Å². The molecular weight excluding hydrogens is 510 g/mol. The van der Waals surface area contributed by atoms with Crippen LogP contribution < -0.4 is 22.5 Å². The molecule has 4 aromatic rings. The van der Waals surface area contributed by atoms with Crippen molar-refractivity contribution in [1.29, 1.82) is 0 Å². The highest BCUT2D eigenvalue weighted by Gasteiger charge is 2.11. The maximum absolute atomic E-state index is 13.4. The molecule has 0 saturated heterocycles. The number of carboxylic acids is 1. The second-order valence-electron chi connectivity index (χ2n) is 7.18. The Morgan fingerprint density at radius 3 is 2.08 bits per heavy atom. The Morgan fingerprint density at radius 1 is 0.889 bits per heavy atom. The number of aryl methyl sites for hydroxylation is 1. The lowest BCUT2D eigenvalue weighted by atomic mass is 10.2. The molecule has 0 unspecified atom stereocenters. The first-order chi connectivity index (χ1) is 17.0. The molecule has 0 radical (unpaired) electrons. The number of rotatable bonds is 3. The van der Waals surface area contributed by atoms with Crippen LogP contribution in [-0.4, -0.2) is 17.0 Å². The molecule has 8 N–H and O–H groups in total. The molecule has 0 spiro atoms. The number of carbonyl (C=O) groups is 2. The third-order valence-corrected chi connectivity index (χ3v) is 5.15. The van der Waals surface area contributed by atoms with Gasteiger partial charge in [0.15, 0.2) is 0 Å². The second-order valence-corrected chi connectivity index (χ2v) is 8.00. The van der Waals surface area contributed by atoms with Gasteiger partial charge >= 0.3 is 5.97 Å². The fourth-order valence-corrected chi connectivity index (χ4v) is 2.92. The summed E-state index contributed by atoms with van der Waals surface area (Å²) >= 11 is 11.5. The van der Waals surface area contributed by atoms with Crippen molar-refractivity contribution in [3.05, 3.63) is 106 Å². The summed E-state index contributed by atoms with van der Waals surface area (Å²) in [6, 6.07) is 16.8. The first kappa shape index (κ1) is 28.0. The van der Waals surface area contributed by atoms with Gasteiger partial charge in [-0.1, -0.05) is 35.3 Å². The predicted molar refractivity (Wildman–Crippen MR) is 141 cm³/mol. The van der Waals surface area contributed by atoms with E-state index in [-0.39, 0.29) is 11.3 Å². The van der Waals surface area contributed by atoms with Gasteiger partial charge in [0.1, 0.15) is 5.82 Å². The quantitative estimate of drug-likeness (QED) is 0.199. The SMILES string of the molecule is Cc1cc(N)c(Cl)cc1N.Nc1ccc(NC(=O)c2ccccc2F)cc1Cl.O=C(O)c1ccco1. The van der Waals surface area contributed by atoms with Gasteiger partial charge in [0.05, 0.1) is 33.2 Å². The molecule has 0 bridgehead atoms. The van der Waals surface area contributed by atoms with Crippen LogP contribution in [0.25, 0.3) is 0 Å². The van der Waals surface area contributed by atoms with E-state index in [2.05, 4.69) is 9.73 Å². The number of halogens is 3. The third-order valence-electron chi connectivity index (χ3n) is 4.49. The van der Waals surface area contributed by atoms with Gasteiger partial charge in [-0.05, 0) is 67.1 Å². The van der Waals surface area contributed by atoms with Crippen molar-refractivity contribution in [3.63, 3.8) is 0 Å². The number of nitrogens with one attached hydrogen (secondary N) is 1. The van der Waals surface area contributed by atoms with Gasteiger partial charge in [-0.25, -0.2) is 9.18 Å². The Morgan fingerprint density at radius 2 is 1.56 bits per heavy atom. The fourth-order valence-electron chi connectivity index (χ4n) is 2.57. The van der Waals surface area contributed by atoms with E-state index < -0.39 is 17.7 Å². The number of carboxylic acid groups (broad SMARTS) is 1. The minimum absolute atomic E-state index is 0.0227. The average Bonchev–Trinajstić information content (AvgIpc) is 3.37. The molecule has 1 amide bonds. The highest BCUT2D eigenvalue weighted by molar-refractivity contribution is 6.33. The molecule has 1 heterocycles. The lowest BCUT2D eigenvalue weighted by molar-refractivity contribution is 0.0662. The number of hydrogen-bond donors (Lipinski definition) is 5. The average molecular weight is 533 g/mol. The van der Waals surface area contributed by atoms with E-state index in [1.165, 1.54) is 42.7 Å². The summed E-state index contributed by atoms with van der Waals surface area (Å²) in [6.45, 7) is 1.89. The third kappa shape index (κ3) is 8.23. The van der Waals surface area contributed by atoms with Crippen molar-refractivity contribution in [2.75, 3.05) is 22.5 Å². The topological polar surface area (TPSA) is 158 Å². The molecule has 3 aromatic carbocycles. The number of nitrogens with two attached hydrogens (primary N) is 3. The van der Waals surface area contributed by atoms with Gasteiger partial charge < -0.3 is 32.0 Å². The Hall–Kier alpha value is -4.21. The molecule has 0 atom stereocenters. The van der Waals surface area contributed by atoms with Gasteiger partial charge in [0.2, 0.25) is 5.76 Å². The zero-order valence-corrected chi connectivity index (χ0v) is 20.5. The van der Waals surface area contributed by atoms with E-state index in [0.717, 1.165) is 5.56 Å². The van der Waals surface area contributed by atoms with Crippen molar-refractivity contribution in [2.45, 2.75) is 6.92 Å². The standard InChI is InChI=1S/C13H10ClFN2O.C7H9ClN2.C5H4O3/c14-10-7-8(5-6-12(10)16)17-13(18)9-3-1-2-4-11(9)15;1-4-2-7(10)5(8)3-6(4)9;6-5(7)4-2-1-3-8-4/h1-7H,16H2,(H,17,18);2-3H,9-10H2,1H3;1-3H,(H,6,7). The molecular formula is C25H23Cl2FN4O4. The molecule has 188 valence electrons. The minimum Gasteiger partial charge on any atom is -0.475 e. The molecule has 11 heteroatoms. The van der Waals surface area contributed by atoms with Crippen LogP contribution in [0.3, 0.4) is 0 Å². The molecule has 36 heavy (non-hydrogen) atoms. The smallest absolute Gasteiger partial charge is 0.371 e. The molecule has 0 aliphatic heterocycles. The van der Waals surface area contributed by atoms with Crippen LogP contribution in [0.5, 0.6) is 0 Å². The van der Waals surface area contributed by atoms with Crippen molar-refractivity contribution < 1.29 is 23.5 Å². The number of anilines is 4. The monoisotopic (exact) mass is 532 g/mol. The number of amides is 1. The van der Waals surface area contributed by atoms with E-state index in [1.807, 2.05) is 6.92 Å². The van der Waals surface area contributed by atoms with Crippen LogP contribution in [0.15, 0.2) is 77.4 Å². The second kappa shape index (κ2) is 13.0. The van der Waals surface area contributed by atoms with Gasteiger partial charge in [0.25, 0.3) is 5.91 Å². The van der Waals surface area contributed by atoms with Crippen molar-refractivity contribution in [1.82, 2.24) is 0 Å². The molecule has 8 nitrogen and oxygen atoms in total. The summed E-state index contributed by atoms with van der Waals surface area (Å²) in [5.41, 5.74) is 19.7. The summed E-state index contributed by atoms with van der Waals surface area (Å²) in [5.74, 6) is -2.16. The number of nitrogen functional groups attached to an aromatic ring is 3. The Kier molecular flexibility index (Phi) is 10.1. The van der Waals surface area contributed by atoms with Crippen LogP contribution in [-0.2, 0) is 0 Å². The van der Waals surface area contributed by atoms with E-state index in [4.69, 9.17) is 45.5 Å². The van der Waals surface area contributed by atoms with Crippen LogP contribution in [0.2, 0.25) is 10.0 Å². The van der Waals surface area contributed by atoms with Crippen molar-refractivity contribution in [2.24, 2.45) is 0 Å². The zero-order chi connectivity index (χ0) is 26.8. The van der Waals surface area contributed by atoms with Gasteiger partial charge in [-0.15, -0.1) is 0 Å². The van der Waals surface area contributed by atoms with E-state index >= 15 is 0 Å². The first-order valence-corrected chi connectivity index (χ1v) is 10.9. The van der Waals surface area contributed by atoms with Crippen molar-refractivity contribution in [3.8, 4) is 0 Å². The van der Waals surface area contributed by atoms with Crippen LogP contribution in [0.1, 0.15) is 26.5 Å². The van der Waals surface area contributed by atoms with Gasteiger partial charge in [0, 0.05) is 11.4 Å². The van der Waals surface area contributed by atoms with Crippen molar-refractivity contribution >= 4 is 57.8 Å². The number of furan rings is 1. The molecule has 4 rings (SSSR count). The summed E-state index contributed by atoms with van der Waals surface area (Å²) < 4.78 is 17.9.